The summed E-state index contributed by atoms with van der Waals surface area (Å²) in [5.74, 6) is 0.495. The molecule has 1 aromatic carbocycles. The van der Waals surface area contributed by atoms with Gasteiger partial charge >= 0.3 is 0 Å². The minimum Gasteiger partial charge on any atom is -0.508 e. The average Bonchev–Trinajstić information content (AvgIpc) is 2.70. The number of aryl methyl sites for hydroxylation is 1. The number of fused-ring (bicyclic) bond motifs is 1. The van der Waals surface area contributed by atoms with E-state index in [0.29, 0.717) is 0 Å². The Morgan fingerprint density at radius 2 is 2.06 bits per heavy atom. The zero-order valence-corrected chi connectivity index (χ0v) is 9.83. The number of phenolic OH excluding ortho intramolecular Hbond substituents is 1. The third kappa shape index (κ3) is 1.66. The van der Waals surface area contributed by atoms with Crippen LogP contribution >= 0.6 is 0 Å². The molecular weight excluding hydrogens is 228 g/mol. The van der Waals surface area contributed by atoms with E-state index < -0.39 is 0 Å². The van der Waals surface area contributed by atoms with Crippen LogP contribution in [0.5, 0.6) is 5.75 Å². The summed E-state index contributed by atoms with van der Waals surface area (Å²) < 4.78 is 1.66. The maximum absolute atomic E-state index is 9.51. The summed E-state index contributed by atoms with van der Waals surface area (Å²) in [7, 11) is 0. The summed E-state index contributed by atoms with van der Waals surface area (Å²) in [6.07, 6.45) is 1.85. The Balaban J connectivity index is 2.24. The molecule has 2 aromatic heterocycles. The SMILES string of the molecule is Cc1cc(-c2cccc(O)c2)cn2nc(N)nc12. The van der Waals surface area contributed by atoms with Crippen LogP contribution < -0.4 is 5.73 Å². The van der Waals surface area contributed by atoms with Gasteiger partial charge in [0.2, 0.25) is 5.95 Å². The van der Waals surface area contributed by atoms with Crippen molar-refractivity contribution in [2.75, 3.05) is 5.73 Å². The third-order valence-corrected chi connectivity index (χ3v) is 2.81. The lowest BCUT2D eigenvalue weighted by Gasteiger charge is -2.05. The summed E-state index contributed by atoms with van der Waals surface area (Å²) in [6, 6.07) is 9.09. The van der Waals surface area contributed by atoms with E-state index in [2.05, 4.69) is 10.1 Å². The molecule has 0 spiro atoms. The second-order valence-corrected chi connectivity index (χ2v) is 4.20. The highest BCUT2D eigenvalue weighted by atomic mass is 16.3. The van der Waals surface area contributed by atoms with Crippen LogP contribution in [-0.4, -0.2) is 19.7 Å². The number of nitrogen functional groups attached to an aromatic ring is 1. The van der Waals surface area contributed by atoms with E-state index in [1.807, 2.05) is 25.3 Å². The summed E-state index contributed by atoms with van der Waals surface area (Å²) in [5.41, 5.74) is 9.21. The Labute approximate surface area is 104 Å². The van der Waals surface area contributed by atoms with Gasteiger partial charge in [-0.1, -0.05) is 12.1 Å². The Bertz CT molecular complexity index is 733. The lowest BCUT2D eigenvalue weighted by molar-refractivity contribution is 0.475. The minimum absolute atomic E-state index is 0.239. The van der Waals surface area contributed by atoms with Gasteiger partial charge in [0.15, 0.2) is 5.65 Å². The Hall–Kier alpha value is -2.56. The highest BCUT2D eigenvalue weighted by Crippen LogP contribution is 2.25. The molecule has 0 fully saturated rings. The maximum Gasteiger partial charge on any atom is 0.240 e. The van der Waals surface area contributed by atoms with Crippen molar-refractivity contribution in [3.63, 3.8) is 0 Å². The van der Waals surface area contributed by atoms with Crippen LogP contribution in [0.25, 0.3) is 16.8 Å². The standard InChI is InChI=1S/C13H12N4O/c1-8-5-10(9-3-2-4-11(18)6-9)7-17-12(8)15-13(14)16-17/h2-7,18H,1H3,(H2,14,16). The fourth-order valence-corrected chi connectivity index (χ4v) is 2.01. The summed E-state index contributed by atoms with van der Waals surface area (Å²) in [6.45, 7) is 1.95. The molecule has 0 bridgehead atoms. The van der Waals surface area contributed by atoms with Crippen molar-refractivity contribution in [1.82, 2.24) is 14.6 Å². The number of anilines is 1. The number of nitrogens with two attached hydrogens (primary N) is 1. The van der Waals surface area contributed by atoms with Gasteiger partial charge in [0, 0.05) is 11.8 Å². The smallest absolute Gasteiger partial charge is 0.240 e. The zero-order valence-electron chi connectivity index (χ0n) is 9.83. The summed E-state index contributed by atoms with van der Waals surface area (Å²) >= 11 is 0. The predicted octanol–water partition coefficient (Wildman–Crippen LogP) is 1.99. The number of pyridine rings is 1. The molecule has 0 aliphatic carbocycles. The van der Waals surface area contributed by atoms with Gasteiger partial charge in [0.1, 0.15) is 5.75 Å². The van der Waals surface area contributed by atoms with Crippen LogP contribution in [0.3, 0.4) is 0 Å². The normalized spacial score (nSPS) is 10.9. The maximum atomic E-state index is 9.51. The molecule has 0 radical (unpaired) electrons. The molecular formula is C13H12N4O. The van der Waals surface area contributed by atoms with Crippen LogP contribution in [0.4, 0.5) is 5.95 Å². The quantitative estimate of drug-likeness (QED) is 0.682. The number of nitrogens with zero attached hydrogens (tertiary/aromatic N) is 3. The van der Waals surface area contributed by atoms with E-state index in [4.69, 9.17) is 5.73 Å². The first-order valence-electron chi connectivity index (χ1n) is 5.55. The van der Waals surface area contributed by atoms with Gasteiger partial charge in [-0.3, -0.25) is 0 Å². The van der Waals surface area contributed by atoms with Crippen molar-refractivity contribution in [2.45, 2.75) is 6.92 Å². The molecule has 0 unspecified atom stereocenters. The van der Waals surface area contributed by atoms with E-state index in [0.717, 1.165) is 22.3 Å². The first-order valence-corrected chi connectivity index (χ1v) is 5.55. The highest BCUT2D eigenvalue weighted by molar-refractivity contribution is 5.68. The predicted molar refractivity (Wildman–Crippen MR) is 69.2 cm³/mol. The number of hydrogen-bond donors (Lipinski definition) is 2. The molecule has 0 saturated carbocycles. The van der Waals surface area contributed by atoms with Crippen molar-refractivity contribution >= 4 is 11.6 Å². The molecule has 90 valence electrons. The number of benzene rings is 1. The van der Waals surface area contributed by atoms with Crippen LogP contribution in [-0.2, 0) is 0 Å². The van der Waals surface area contributed by atoms with Crippen LogP contribution in [0, 0.1) is 6.92 Å². The average molecular weight is 240 g/mol. The minimum atomic E-state index is 0.239. The van der Waals surface area contributed by atoms with Gasteiger partial charge in [-0.05, 0) is 36.2 Å². The third-order valence-electron chi connectivity index (χ3n) is 2.81. The number of aromatic hydroxyl groups is 1. The molecule has 3 aromatic rings. The highest BCUT2D eigenvalue weighted by Gasteiger charge is 2.07. The monoisotopic (exact) mass is 240 g/mol. The first-order chi connectivity index (χ1) is 8.63. The van der Waals surface area contributed by atoms with Crippen LogP contribution in [0.1, 0.15) is 5.56 Å². The van der Waals surface area contributed by atoms with Gasteiger partial charge in [-0.2, -0.15) is 4.98 Å². The molecule has 0 amide bonds. The molecule has 5 heteroatoms. The van der Waals surface area contributed by atoms with Crippen molar-refractivity contribution < 1.29 is 5.11 Å². The molecule has 0 atom stereocenters. The van der Waals surface area contributed by atoms with Gasteiger partial charge in [0.25, 0.3) is 0 Å². The van der Waals surface area contributed by atoms with Gasteiger partial charge in [0.05, 0.1) is 0 Å². The van der Waals surface area contributed by atoms with E-state index in [1.165, 1.54) is 0 Å². The second-order valence-electron chi connectivity index (χ2n) is 4.20. The van der Waals surface area contributed by atoms with Crippen molar-refractivity contribution in [2.24, 2.45) is 0 Å². The summed E-state index contributed by atoms with van der Waals surface area (Å²) in [4.78, 5) is 4.15. The Morgan fingerprint density at radius 1 is 1.22 bits per heavy atom. The molecule has 0 aliphatic heterocycles. The van der Waals surface area contributed by atoms with Crippen molar-refractivity contribution in [3.05, 3.63) is 42.1 Å². The van der Waals surface area contributed by atoms with E-state index >= 15 is 0 Å². The van der Waals surface area contributed by atoms with Crippen LogP contribution in [0.15, 0.2) is 36.5 Å². The topological polar surface area (TPSA) is 76.4 Å². The van der Waals surface area contributed by atoms with E-state index in [9.17, 15) is 5.11 Å². The zero-order chi connectivity index (χ0) is 12.7. The fraction of sp³-hybridized carbons (Fsp3) is 0.0769. The molecule has 18 heavy (non-hydrogen) atoms. The number of phenols is 1. The van der Waals surface area contributed by atoms with Crippen molar-refractivity contribution in [1.29, 1.82) is 0 Å². The van der Waals surface area contributed by atoms with Crippen LogP contribution in [0.2, 0.25) is 0 Å². The molecule has 0 saturated heterocycles. The Kier molecular flexibility index (Phi) is 2.19. The Morgan fingerprint density at radius 3 is 2.83 bits per heavy atom. The number of hydrogen-bond acceptors (Lipinski definition) is 4. The summed E-state index contributed by atoms with van der Waals surface area (Å²) in [5, 5.41) is 13.6. The molecule has 3 rings (SSSR count). The molecule has 5 nitrogen and oxygen atoms in total. The lowest BCUT2D eigenvalue weighted by Crippen LogP contribution is -1.92. The number of rotatable bonds is 1. The van der Waals surface area contributed by atoms with E-state index in [1.54, 1.807) is 22.7 Å². The first kappa shape index (κ1) is 10.6. The van der Waals surface area contributed by atoms with Gasteiger partial charge in [-0.25, -0.2) is 4.52 Å². The number of aromatic nitrogens is 3. The fourth-order valence-electron chi connectivity index (χ4n) is 2.01. The largest absolute Gasteiger partial charge is 0.508 e. The van der Waals surface area contributed by atoms with E-state index in [-0.39, 0.29) is 11.7 Å². The van der Waals surface area contributed by atoms with Gasteiger partial charge < -0.3 is 10.8 Å². The van der Waals surface area contributed by atoms with Crippen molar-refractivity contribution in [3.8, 4) is 16.9 Å². The molecule has 2 heterocycles. The lowest BCUT2D eigenvalue weighted by atomic mass is 10.1. The van der Waals surface area contributed by atoms with Gasteiger partial charge in [-0.15, -0.1) is 5.10 Å². The molecule has 3 N–H and O–H groups in total. The molecule has 0 aliphatic rings. The second kappa shape index (κ2) is 3.73.